The summed E-state index contributed by atoms with van der Waals surface area (Å²) in [6.07, 6.45) is 9.75. The number of aliphatic hydroxyl groups is 2. The molecule has 0 aromatic rings. The Hall–Kier alpha value is -0.0800. The third-order valence-electron chi connectivity index (χ3n) is 2.59. The van der Waals surface area contributed by atoms with E-state index in [1.165, 1.54) is 32.1 Å². The first-order chi connectivity index (χ1) is 7.16. The molecule has 0 aromatic heterocycles. The van der Waals surface area contributed by atoms with Gasteiger partial charge in [0.15, 0.2) is 0 Å². The van der Waals surface area contributed by atoms with Crippen LogP contribution in [0.25, 0.3) is 0 Å². The highest BCUT2D eigenvalue weighted by Crippen LogP contribution is 2.12. The minimum absolute atomic E-state index is 0.120. The molecule has 1 unspecified atom stereocenters. The molecule has 0 aliphatic carbocycles. The number of unbranched alkanes of at least 4 members (excludes halogenated alkanes) is 5. The second-order valence-electron chi connectivity index (χ2n) is 4.75. The van der Waals surface area contributed by atoms with Gasteiger partial charge in [-0.15, -0.1) is 0 Å². The summed E-state index contributed by atoms with van der Waals surface area (Å²) in [5.41, 5.74) is 0. The van der Waals surface area contributed by atoms with E-state index in [-0.39, 0.29) is 6.61 Å². The summed E-state index contributed by atoms with van der Waals surface area (Å²) in [5, 5.41) is 17.7. The summed E-state index contributed by atoms with van der Waals surface area (Å²) >= 11 is 0. The number of aliphatic hydroxyl groups excluding tert-OH is 2. The van der Waals surface area contributed by atoms with Gasteiger partial charge in [-0.1, -0.05) is 52.4 Å². The summed E-state index contributed by atoms with van der Waals surface area (Å²) < 4.78 is 0. The van der Waals surface area contributed by atoms with Crippen LogP contribution in [-0.2, 0) is 0 Å². The predicted octanol–water partition coefficient (Wildman–Crippen LogP) is 2.93. The van der Waals surface area contributed by atoms with Crippen LogP contribution >= 0.6 is 0 Å². The van der Waals surface area contributed by atoms with Gasteiger partial charge >= 0.3 is 0 Å². The van der Waals surface area contributed by atoms with Crippen LogP contribution in [0.15, 0.2) is 0 Å². The van der Waals surface area contributed by atoms with Crippen LogP contribution in [0.4, 0.5) is 0 Å². The van der Waals surface area contributed by atoms with Crippen LogP contribution in [0.2, 0.25) is 0 Å². The first-order valence-corrected chi connectivity index (χ1v) is 6.27. The minimum atomic E-state index is -0.550. The summed E-state index contributed by atoms with van der Waals surface area (Å²) in [5.74, 6) is 0.830. The standard InChI is InChI=1S/C13H27O2/c1-12(2)9-7-5-3-4-6-8-10-13(15)11-14/h8,12-15H,3-7,9-11H2,1-2H3. The van der Waals surface area contributed by atoms with E-state index in [1.54, 1.807) is 0 Å². The second-order valence-corrected chi connectivity index (χ2v) is 4.75. The van der Waals surface area contributed by atoms with Crippen molar-refractivity contribution in [2.24, 2.45) is 5.92 Å². The maximum Gasteiger partial charge on any atom is 0.0773 e. The van der Waals surface area contributed by atoms with Gasteiger partial charge in [0, 0.05) is 0 Å². The zero-order valence-corrected chi connectivity index (χ0v) is 10.3. The first-order valence-electron chi connectivity index (χ1n) is 6.27. The molecule has 0 saturated heterocycles. The molecule has 15 heavy (non-hydrogen) atoms. The lowest BCUT2D eigenvalue weighted by atomic mass is 10.0. The lowest BCUT2D eigenvalue weighted by Crippen LogP contribution is -2.11. The van der Waals surface area contributed by atoms with Crippen LogP contribution in [0, 0.1) is 12.3 Å². The third-order valence-corrected chi connectivity index (χ3v) is 2.59. The molecule has 0 aromatic carbocycles. The van der Waals surface area contributed by atoms with E-state index in [4.69, 9.17) is 10.2 Å². The Morgan fingerprint density at radius 1 is 1.07 bits per heavy atom. The van der Waals surface area contributed by atoms with Gasteiger partial charge in [0.1, 0.15) is 0 Å². The van der Waals surface area contributed by atoms with Gasteiger partial charge in [0.2, 0.25) is 0 Å². The molecule has 1 radical (unpaired) electrons. The highest BCUT2D eigenvalue weighted by atomic mass is 16.3. The molecule has 1 atom stereocenters. The minimum Gasteiger partial charge on any atom is -0.394 e. The average molecular weight is 215 g/mol. The molecule has 2 heteroatoms. The Labute approximate surface area is 94.7 Å². The predicted molar refractivity (Wildman–Crippen MR) is 64.5 cm³/mol. The Kier molecular flexibility index (Phi) is 10.4. The molecular formula is C13H27O2. The van der Waals surface area contributed by atoms with Gasteiger partial charge in [-0.05, 0) is 18.8 Å². The number of hydrogen-bond donors (Lipinski definition) is 2. The quantitative estimate of drug-likeness (QED) is 0.550. The first kappa shape index (κ1) is 14.9. The van der Waals surface area contributed by atoms with Gasteiger partial charge in [-0.2, -0.15) is 0 Å². The molecule has 91 valence electrons. The molecule has 2 N–H and O–H groups in total. The van der Waals surface area contributed by atoms with E-state index in [9.17, 15) is 0 Å². The average Bonchev–Trinajstić information content (AvgIpc) is 2.21. The van der Waals surface area contributed by atoms with Crippen molar-refractivity contribution in [1.29, 1.82) is 0 Å². The Bertz CT molecular complexity index is 124. The molecule has 0 saturated carbocycles. The molecule has 0 fully saturated rings. The Balaban J connectivity index is 2.99. The normalized spacial score (nSPS) is 13.4. The summed E-state index contributed by atoms with van der Waals surface area (Å²) in [4.78, 5) is 0. The second kappa shape index (κ2) is 10.4. The summed E-state index contributed by atoms with van der Waals surface area (Å²) in [7, 11) is 0. The monoisotopic (exact) mass is 215 g/mol. The number of hydrogen-bond acceptors (Lipinski definition) is 2. The van der Waals surface area contributed by atoms with Crippen molar-refractivity contribution in [3.63, 3.8) is 0 Å². The van der Waals surface area contributed by atoms with E-state index < -0.39 is 6.10 Å². The van der Waals surface area contributed by atoms with Gasteiger partial charge < -0.3 is 10.2 Å². The lowest BCUT2D eigenvalue weighted by molar-refractivity contribution is 0.0940. The van der Waals surface area contributed by atoms with Crippen molar-refractivity contribution in [3.8, 4) is 0 Å². The molecular weight excluding hydrogens is 188 g/mol. The van der Waals surface area contributed by atoms with Crippen LogP contribution in [0.3, 0.4) is 0 Å². The molecule has 0 aliphatic heterocycles. The smallest absolute Gasteiger partial charge is 0.0773 e. The molecule has 0 rings (SSSR count). The molecule has 2 nitrogen and oxygen atoms in total. The topological polar surface area (TPSA) is 40.5 Å². The highest BCUT2D eigenvalue weighted by Gasteiger charge is 2.00. The van der Waals surface area contributed by atoms with Crippen molar-refractivity contribution in [2.45, 2.75) is 64.9 Å². The molecule has 0 amide bonds. The summed E-state index contributed by atoms with van der Waals surface area (Å²) in [6, 6.07) is 0. The van der Waals surface area contributed by atoms with Crippen molar-refractivity contribution in [2.75, 3.05) is 6.61 Å². The maximum absolute atomic E-state index is 9.08. The fourth-order valence-electron chi connectivity index (χ4n) is 1.58. The maximum atomic E-state index is 9.08. The Morgan fingerprint density at radius 3 is 2.33 bits per heavy atom. The van der Waals surface area contributed by atoms with Crippen molar-refractivity contribution in [3.05, 3.63) is 6.42 Å². The van der Waals surface area contributed by atoms with Gasteiger partial charge in [-0.3, -0.25) is 0 Å². The van der Waals surface area contributed by atoms with Gasteiger partial charge in [-0.25, -0.2) is 0 Å². The Morgan fingerprint density at radius 2 is 1.73 bits per heavy atom. The third kappa shape index (κ3) is 11.8. The molecule has 0 bridgehead atoms. The zero-order chi connectivity index (χ0) is 11.5. The molecule has 0 spiro atoms. The van der Waals surface area contributed by atoms with Crippen LogP contribution in [-0.4, -0.2) is 22.9 Å². The van der Waals surface area contributed by atoms with E-state index in [1.807, 2.05) is 0 Å². The SMILES string of the molecule is CC(C)CCCCCC[CH]CC(O)CO. The van der Waals surface area contributed by atoms with Crippen LogP contribution in [0.1, 0.15) is 58.8 Å². The fourth-order valence-corrected chi connectivity index (χ4v) is 1.58. The lowest BCUT2D eigenvalue weighted by Gasteiger charge is -2.06. The zero-order valence-electron chi connectivity index (χ0n) is 10.3. The number of rotatable bonds is 10. The van der Waals surface area contributed by atoms with Gasteiger partial charge in [0.25, 0.3) is 0 Å². The molecule has 0 aliphatic rings. The van der Waals surface area contributed by atoms with Crippen LogP contribution in [0.5, 0.6) is 0 Å². The van der Waals surface area contributed by atoms with Crippen LogP contribution < -0.4 is 0 Å². The van der Waals surface area contributed by atoms with Crippen molar-refractivity contribution >= 4 is 0 Å². The van der Waals surface area contributed by atoms with E-state index in [2.05, 4.69) is 20.3 Å². The van der Waals surface area contributed by atoms with Crippen molar-refractivity contribution in [1.82, 2.24) is 0 Å². The summed E-state index contributed by atoms with van der Waals surface area (Å²) in [6.45, 7) is 4.42. The van der Waals surface area contributed by atoms with E-state index >= 15 is 0 Å². The van der Waals surface area contributed by atoms with E-state index in [0.29, 0.717) is 6.42 Å². The largest absolute Gasteiger partial charge is 0.394 e. The highest BCUT2D eigenvalue weighted by molar-refractivity contribution is 4.69. The van der Waals surface area contributed by atoms with Gasteiger partial charge in [0.05, 0.1) is 12.7 Å². The van der Waals surface area contributed by atoms with E-state index in [0.717, 1.165) is 12.3 Å². The molecule has 0 heterocycles. The fraction of sp³-hybridized carbons (Fsp3) is 0.923. The van der Waals surface area contributed by atoms with Crippen molar-refractivity contribution < 1.29 is 10.2 Å².